The average Bonchev–Trinajstić information content (AvgIpc) is 2.78. The Morgan fingerprint density at radius 3 is 2.79 bits per heavy atom. The van der Waals surface area contributed by atoms with E-state index in [4.69, 9.17) is 4.52 Å². The SMILES string of the molecule is Cc1cc(C(=O)Nc2ccccc2OC(F)F)on1. The summed E-state index contributed by atoms with van der Waals surface area (Å²) >= 11 is 0. The van der Waals surface area contributed by atoms with E-state index in [1.54, 1.807) is 13.0 Å². The predicted octanol–water partition coefficient (Wildman–Crippen LogP) is 2.84. The van der Waals surface area contributed by atoms with Crippen molar-refractivity contribution < 1.29 is 22.8 Å². The third-order valence-corrected chi connectivity index (χ3v) is 2.20. The van der Waals surface area contributed by atoms with Gasteiger partial charge in [-0.3, -0.25) is 4.79 Å². The fraction of sp³-hybridized carbons (Fsp3) is 0.167. The van der Waals surface area contributed by atoms with Gasteiger partial charge in [0.15, 0.2) is 0 Å². The molecule has 7 heteroatoms. The third-order valence-electron chi connectivity index (χ3n) is 2.20. The number of aromatic nitrogens is 1. The highest BCUT2D eigenvalue weighted by Crippen LogP contribution is 2.26. The van der Waals surface area contributed by atoms with E-state index in [1.165, 1.54) is 24.3 Å². The molecule has 1 aromatic carbocycles. The lowest BCUT2D eigenvalue weighted by Crippen LogP contribution is -2.13. The molecule has 0 bridgehead atoms. The predicted molar refractivity (Wildman–Crippen MR) is 62.3 cm³/mol. The maximum atomic E-state index is 12.2. The van der Waals surface area contributed by atoms with Crippen LogP contribution in [0, 0.1) is 6.92 Å². The van der Waals surface area contributed by atoms with Crippen molar-refractivity contribution in [3.63, 3.8) is 0 Å². The van der Waals surface area contributed by atoms with Crippen LogP contribution in [0.2, 0.25) is 0 Å². The number of hydrogen-bond donors (Lipinski definition) is 1. The lowest BCUT2D eigenvalue weighted by atomic mass is 10.3. The Hall–Kier alpha value is -2.44. The van der Waals surface area contributed by atoms with Crippen LogP contribution in [0.1, 0.15) is 16.2 Å². The van der Waals surface area contributed by atoms with Crippen molar-refractivity contribution in [1.29, 1.82) is 0 Å². The minimum absolute atomic E-state index is 0.00986. The molecule has 2 aromatic rings. The standard InChI is InChI=1S/C12H10F2N2O3/c1-7-6-10(19-16-7)11(17)15-8-4-2-3-5-9(8)18-12(13)14/h2-6,12H,1H3,(H,15,17). The van der Waals surface area contributed by atoms with Gasteiger partial charge in [0.1, 0.15) is 5.75 Å². The number of anilines is 1. The molecule has 1 aromatic heterocycles. The zero-order chi connectivity index (χ0) is 13.8. The number of nitrogens with one attached hydrogen (secondary N) is 1. The summed E-state index contributed by atoms with van der Waals surface area (Å²) in [5.74, 6) is -0.725. The van der Waals surface area contributed by atoms with Gasteiger partial charge in [0.2, 0.25) is 5.76 Å². The summed E-state index contributed by atoms with van der Waals surface area (Å²) in [6.45, 7) is -1.31. The van der Waals surface area contributed by atoms with Gasteiger partial charge in [-0.25, -0.2) is 0 Å². The van der Waals surface area contributed by atoms with E-state index in [-0.39, 0.29) is 17.2 Å². The molecule has 0 spiro atoms. The number of amides is 1. The molecule has 1 N–H and O–H groups in total. The van der Waals surface area contributed by atoms with Crippen LogP contribution in [-0.2, 0) is 0 Å². The molecule has 0 unspecified atom stereocenters. The highest BCUT2D eigenvalue weighted by atomic mass is 19.3. The quantitative estimate of drug-likeness (QED) is 0.926. The van der Waals surface area contributed by atoms with Gasteiger partial charge in [-0.05, 0) is 19.1 Å². The number of carbonyl (C=O) groups excluding carboxylic acids is 1. The summed E-state index contributed by atoms with van der Waals surface area (Å²) in [7, 11) is 0. The molecule has 0 radical (unpaired) electrons. The Balaban J connectivity index is 2.16. The van der Waals surface area contributed by atoms with E-state index >= 15 is 0 Å². The number of hydrogen-bond acceptors (Lipinski definition) is 4. The molecule has 1 amide bonds. The van der Waals surface area contributed by atoms with Crippen molar-refractivity contribution in [1.82, 2.24) is 5.16 Å². The van der Waals surface area contributed by atoms with Crippen LogP contribution in [0.5, 0.6) is 5.75 Å². The largest absolute Gasteiger partial charge is 0.433 e. The molecule has 100 valence electrons. The summed E-state index contributed by atoms with van der Waals surface area (Å²) in [4.78, 5) is 11.8. The summed E-state index contributed by atoms with van der Waals surface area (Å²) in [5.41, 5.74) is 0.670. The van der Waals surface area contributed by atoms with Gasteiger partial charge < -0.3 is 14.6 Å². The maximum Gasteiger partial charge on any atom is 0.387 e. The smallest absolute Gasteiger partial charge is 0.387 e. The van der Waals surface area contributed by atoms with Crippen molar-refractivity contribution in [3.8, 4) is 5.75 Å². The second kappa shape index (κ2) is 5.47. The van der Waals surface area contributed by atoms with Gasteiger partial charge in [0.05, 0.1) is 11.4 Å². The molecule has 2 rings (SSSR count). The Morgan fingerprint density at radius 2 is 2.16 bits per heavy atom. The molecule has 0 aliphatic heterocycles. The second-order valence-electron chi connectivity index (χ2n) is 3.66. The molecule has 0 saturated carbocycles. The Morgan fingerprint density at radius 1 is 1.42 bits per heavy atom. The zero-order valence-electron chi connectivity index (χ0n) is 9.89. The van der Waals surface area contributed by atoms with E-state index in [0.29, 0.717) is 5.69 Å². The highest BCUT2D eigenvalue weighted by Gasteiger charge is 2.15. The monoisotopic (exact) mass is 268 g/mol. The van der Waals surface area contributed by atoms with Gasteiger partial charge in [0, 0.05) is 6.07 Å². The van der Waals surface area contributed by atoms with Crippen LogP contribution in [0.15, 0.2) is 34.9 Å². The first-order chi connectivity index (χ1) is 9.06. The summed E-state index contributed by atoms with van der Waals surface area (Å²) in [6, 6.07) is 7.31. The first kappa shape index (κ1) is 13.0. The van der Waals surface area contributed by atoms with Crippen LogP contribution in [0.3, 0.4) is 0 Å². The second-order valence-corrected chi connectivity index (χ2v) is 3.66. The lowest BCUT2D eigenvalue weighted by molar-refractivity contribution is -0.0493. The molecular weight excluding hydrogens is 258 g/mol. The molecule has 5 nitrogen and oxygen atoms in total. The molecule has 0 aliphatic rings. The summed E-state index contributed by atoms with van der Waals surface area (Å²) in [6.07, 6.45) is 0. The van der Waals surface area contributed by atoms with Gasteiger partial charge in [0.25, 0.3) is 5.91 Å². The highest BCUT2D eigenvalue weighted by molar-refractivity contribution is 6.03. The van der Waals surface area contributed by atoms with Crippen LogP contribution in [0.25, 0.3) is 0 Å². The first-order valence-electron chi connectivity index (χ1n) is 5.35. The van der Waals surface area contributed by atoms with Gasteiger partial charge in [-0.15, -0.1) is 0 Å². The summed E-state index contributed by atoms with van der Waals surface area (Å²) < 4.78 is 33.5. The molecule has 19 heavy (non-hydrogen) atoms. The fourth-order valence-electron chi connectivity index (χ4n) is 1.42. The van der Waals surface area contributed by atoms with Gasteiger partial charge in [-0.1, -0.05) is 17.3 Å². The summed E-state index contributed by atoms with van der Waals surface area (Å²) in [5, 5.41) is 5.98. The van der Waals surface area contributed by atoms with Crippen LogP contribution in [0.4, 0.5) is 14.5 Å². The van der Waals surface area contributed by atoms with Crippen molar-refractivity contribution in [2.24, 2.45) is 0 Å². The van der Waals surface area contributed by atoms with Gasteiger partial charge >= 0.3 is 6.61 Å². The minimum atomic E-state index is -2.97. The maximum absolute atomic E-state index is 12.2. The Bertz CT molecular complexity index is 584. The number of benzene rings is 1. The van der Waals surface area contributed by atoms with Crippen molar-refractivity contribution in [2.45, 2.75) is 13.5 Å². The van der Waals surface area contributed by atoms with Crippen molar-refractivity contribution >= 4 is 11.6 Å². The molecule has 0 aliphatic carbocycles. The number of rotatable bonds is 4. The van der Waals surface area contributed by atoms with Crippen LogP contribution < -0.4 is 10.1 Å². The number of ether oxygens (including phenoxy) is 1. The van der Waals surface area contributed by atoms with Crippen LogP contribution in [-0.4, -0.2) is 17.7 Å². The lowest BCUT2D eigenvalue weighted by Gasteiger charge is -2.10. The normalized spacial score (nSPS) is 10.5. The Kier molecular flexibility index (Phi) is 3.74. The zero-order valence-corrected chi connectivity index (χ0v) is 9.89. The van der Waals surface area contributed by atoms with Gasteiger partial charge in [-0.2, -0.15) is 8.78 Å². The number of alkyl halides is 2. The van der Waals surface area contributed by atoms with E-state index in [1.807, 2.05) is 0 Å². The molecular formula is C12H10F2N2O3. The number of carbonyl (C=O) groups is 1. The topological polar surface area (TPSA) is 64.4 Å². The molecule has 0 fully saturated rings. The van der Waals surface area contributed by atoms with Crippen LogP contribution >= 0.6 is 0 Å². The number of para-hydroxylation sites is 2. The Labute approximate surface area is 107 Å². The number of aryl methyl sites for hydroxylation is 1. The van der Waals surface area contributed by atoms with Crippen molar-refractivity contribution in [2.75, 3.05) is 5.32 Å². The van der Waals surface area contributed by atoms with E-state index in [2.05, 4.69) is 15.2 Å². The fourth-order valence-corrected chi connectivity index (χ4v) is 1.42. The van der Waals surface area contributed by atoms with Crippen molar-refractivity contribution in [3.05, 3.63) is 41.8 Å². The first-order valence-corrected chi connectivity index (χ1v) is 5.35. The minimum Gasteiger partial charge on any atom is -0.433 e. The van der Waals surface area contributed by atoms with E-state index in [0.717, 1.165) is 0 Å². The number of halogens is 2. The molecule has 0 atom stereocenters. The van der Waals surface area contributed by atoms with E-state index < -0.39 is 12.5 Å². The molecule has 0 saturated heterocycles. The molecule has 1 heterocycles. The number of nitrogens with zero attached hydrogens (tertiary/aromatic N) is 1. The average molecular weight is 268 g/mol. The third kappa shape index (κ3) is 3.27. The van der Waals surface area contributed by atoms with E-state index in [9.17, 15) is 13.6 Å².